The molecular formula is C9H12S2. The summed E-state index contributed by atoms with van der Waals surface area (Å²) < 4.78 is 0. The van der Waals surface area contributed by atoms with Crippen LogP contribution in [0, 0.1) is 20.8 Å². The first-order valence-corrected chi connectivity index (χ1v) is 5.42. The fourth-order valence-electron chi connectivity index (χ4n) is 1.03. The summed E-state index contributed by atoms with van der Waals surface area (Å²) in [5, 5.41) is 0. The van der Waals surface area contributed by atoms with E-state index in [0.717, 1.165) is 0 Å². The van der Waals surface area contributed by atoms with Crippen molar-refractivity contribution in [3.63, 3.8) is 0 Å². The first-order valence-electron chi connectivity index (χ1n) is 3.55. The average molecular weight is 184 g/mol. The van der Waals surface area contributed by atoms with Gasteiger partial charge >= 0.3 is 0 Å². The van der Waals surface area contributed by atoms with Gasteiger partial charge < -0.3 is 0 Å². The van der Waals surface area contributed by atoms with Gasteiger partial charge in [-0.3, -0.25) is 0 Å². The summed E-state index contributed by atoms with van der Waals surface area (Å²) in [6, 6.07) is 4.26. The normalized spacial score (nSPS) is 10.2. The maximum atomic E-state index is 4.18. The minimum atomic E-state index is 1.26. The van der Waals surface area contributed by atoms with Crippen LogP contribution in [0.3, 0.4) is 0 Å². The monoisotopic (exact) mass is 184 g/mol. The Bertz CT molecular complexity index is 267. The van der Waals surface area contributed by atoms with Crippen LogP contribution in [0.4, 0.5) is 0 Å². The molecule has 0 aliphatic heterocycles. The van der Waals surface area contributed by atoms with Crippen LogP contribution < -0.4 is 0 Å². The lowest BCUT2D eigenvalue weighted by atomic mass is 10.1. The highest BCUT2D eigenvalue weighted by atomic mass is 33.1. The number of hydrogen-bond acceptors (Lipinski definition) is 2. The zero-order valence-electron chi connectivity index (χ0n) is 7.01. The predicted molar refractivity (Wildman–Crippen MR) is 55.5 cm³/mol. The Morgan fingerprint density at radius 2 is 1.73 bits per heavy atom. The third kappa shape index (κ3) is 1.74. The van der Waals surface area contributed by atoms with Gasteiger partial charge in [0.15, 0.2) is 0 Å². The molecule has 0 saturated carbocycles. The zero-order valence-corrected chi connectivity index (χ0v) is 8.72. The molecular weight excluding hydrogens is 172 g/mol. The molecule has 2 heteroatoms. The van der Waals surface area contributed by atoms with Crippen LogP contribution in [0.1, 0.15) is 16.7 Å². The Kier molecular flexibility index (Phi) is 2.90. The van der Waals surface area contributed by atoms with Gasteiger partial charge in [0, 0.05) is 4.90 Å². The fraction of sp³-hybridized carbons (Fsp3) is 0.333. The van der Waals surface area contributed by atoms with Crippen LogP contribution in [-0.2, 0) is 0 Å². The summed E-state index contributed by atoms with van der Waals surface area (Å²) in [6.45, 7) is 6.42. The van der Waals surface area contributed by atoms with E-state index in [1.165, 1.54) is 32.4 Å². The Labute approximate surface area is 77.2 Å². The molecule has 1 aromatic carbocycles. The summed E-state index contributed by atoms with van der Waals surface area (Å²) in [6.07, 6.45) is 0. The molecule has 1 rings (SSSR count). The van der Waals surface area contributed by atoms with Gasteiger partial charge in [0.05, 0.1) is 0 Å². The molecule has 11 heavy (non-hydrogen) atoms. The van der Waals surface area contributed by atoms with E-state index in [1.807, 2.05) is 0 Å². The van der Waals surface area contributed by atoms with E-state index in [0.29, 0.717) is 0 Å². The van der Waals surface area contributed by atoms with Gasteiger partial charge in [0.2, 0.25) is 0 Å². The quantitative estimate of drug-likeness (QED) is 0.514. The number of thiol groups is 1. The van der Waals surface area contributed by atoms with Crippen LogP contribution >= 0.6 is 22.5 Å². The Balaban J connectivity index is 3.25. The van der Waals surface area contributed by atoms with Crippen molar-refractivity contribution >= 4 is 22.5 Å². The summed E-state index contributed by atoms with van der Waals surface area (Å²) in [4.78, 5) is 1.26. The molecule has 60 valence electrons. The van der Waals surface area contributed by atoms with Crippen molar-refractivity contribution in [2.75, 3.05) is 0 Å². The number of hydrogen-bond donors (Lipinski definition) is 1. The van der Waals surface area contributed by atoms with Crippen LogP contribution in [0.5, 0.6) is 0 Å². The van der Waals surface area contributed by atoms with Crippen LogP contribution in [0.15, 0.2) is 17.0 Å². The molecule has 0 aliphatic rings. The van der Waals surface area contributed by atoms with Gasteiger partial charge in [0.1, 0.15) is 0 Å². The average Bonchev–Trinajstić information content (AvgIpc) is 2.01. The van der Waals surface area contributed by atoms with Gasteiger partial charge in [-0.25, -0.2) is 0 Å². The van der Waals surface area contributed by atoms with Crippen LogP contribution in [0.25, 0.3) is 0 Å². The largest absolute Gasteiger partial charge is 0.106 e. The highest BCUT2D eigenvalue weighted by molar-refractivity contribution is 8.68. The molecule has 0 unspecified atom stereocenters. The third-order valence-electron chi connectivity index (χ3n) is 2.11. The summed E-state index contributed by atoms with van der Waals surface area (Å²) in [7, 11) is 1.51. The summed E-state index contributed by atoms with van der Waals surface area (Å²) in [5.74, 6) is 0. The number of benzene rings is 1. The van der Waals surface area contributed by atoms with E-state index in [9.17, 15) is 0 Å². The summed E-state index contributed by atoms with van der Waals surface area (Å²) in [5.41, 5.74) is 4.09. The van der Waals surface area contributed by atoms with E-state index in [4.69, 9.17) is 0 Å². The molecule has 0 nitrogen and oxygen atoms in total. The second-order valence-electron chi connectivity index (χ2n) is 2.72. The van der Waals surface area contributed by atoms with Gasteiger partial charge in [-0.1, -0.05) is 16.9 Å². The molecule has 0 atom stereocenters. The van der Waals surface area contributed by atoms with Gasteiger partial charge in [0.25, 0.3) is 0 Å². The number of rotatable bonds is 1. The highest BCUT2D eigenvalue weighted by Gasteiger charge is 2.01. The van der Waals surface area contributed by atoms with Gasteiger partial charge in [-0.2, -0.15) is 0 Å². The number of aryl methyl sites for hydroxylation is 1. The van der Waals surface area contributed by atoms with E-state index in [2.05, 4.69) is 44.6 Å². The molecule has 0 heterocycles. The van der Waals surface area contributed by atoms with E-state index >= 15 is 0 Å². The third-order valence-corrected chi connectivity index (χ3v) is 3.34. The maximum Gasteiger partial charge on any atom is 0.0212 e. The molecule has 0 spiro atoms. The van der Waals surface area contributed by atoms with Crippen molar-refractivity contribution in [2.45, 2.75) is 25.7 Å². The van der Waals surface area contributed by atoms with E-state index in [1.54, 1.807) is 0 Å². The van der Waals surface area contributed by atoms with Crippen molar-refractivity contribution in [3.8, 4) is 0 Å². The zero-order chi connectivity index (χ0) is 8.43. The lowest BCUT2D eigenvalue weighted by Crippen LogP contribution is -1.87. The summed E-state index contributed by atoms with van der Waals surface area (Å²) >= 11 is 4.18. The molecule has 0 aliphatic carbocycles. The first kappa shape index (κ1) is 9.01. The molecule has 1 aromatic rings. The lowest BCUT2D eigenvalue weighted by molar-refractivity contribution is 1.19. The van der Waals surface area contributed by atoms with Gasteiger partial charge in [-0.05, 0) is 43.5 Å². The predicted octanol–water partition coefficient (Wildman–Crippen LogP) is 3.55. The first-order chi connectivity index (χ1) is 5.16. The fourth-order valence-corrected chi connectivity index (χ4v) is 2.04. The molecule has 0 amide bonds. The smallest absolute Gasteiger partial charge is 0.0212 e. The minimum absolute atomic E-state index is 1.26. The minimum Gasteiger partial charge on any atom is -0.106 e. The second-order valence-corrected chi connectivity index (χ2v) is 3.89. The molecule has 0 N–H and O–H groups in total. The maximum absolute atomic E-state index is 4.18. The van der Waals surface area contributed by atoms with Crippen molar-refractivity contribution in [3.05, 3.63) is 28.8 Å². The molecule has 0 saturated heterocycles. The van der Waals surface area contributed by atoms with E-state index < -0.39 is 0 Å². The molecule has 0 aromatic heterocycles. The van der Waals surface area contributed by atoms with Crippen LogP contribution in [0.2, 0.25) is 0 Å². The van der Waals surface area contributed by atoms with Crippen molar-refractivity contribution < 1.29 is 0 Å². The second kappa shape index (κ2) is 3.55. The Morgan fingerprint density at radius 3 is 2.27 bits per heavy atom. The van der Waals surface area contributed by atoms with Crippen molar-refractivity contribution in [2.24, 2.45) is 0 Å². The molecule has 0 radical (unpaired) electrons. The van der Waals surface area contributed by atoms with Crippen LogP contribution in [-0.4, -0.2) is 0 Å². The van der Waals surface area contributed by atoms with E-state index in [-0.39, 0.29) is 0 Å². The van der Waals surface area contributed by atoms with Crippen molar-refractivity contribution in [1.82, 2.24) is 0 Å². The highest BCUT2D eigenvalue weighted by Crippen LogP contribution is 2.28. The Hall–Kier alpha value is -0.0800. The molecule has 0 bridgehead atoms. The van der Waals surface area contributed by atoms with Crippen molar-refractivity contribution in [1.29, 1.82) is 0 Å². The Morgan fingerprint density at radius 1 is 1.09 bits per heavy atom. The molecule has 0 fully saturated rings. The lowest BCUT2D eigenvalue weighted by Gasteiger charge is -2.07. The topological polar surface area (TPSA) is 0 Å². The standard InChI is InChI=1S/C9H12S2/c1-6-4-5-9(11-10)8(3)7(6)2/h4-5,10H,1-3H3. The SMILES string of the molecule is Cc1ccc(SS)c(C)c1C. The van der Waals surface area contributed by atoms with Gasteiger partial charge in [-0.15, -0.1) is 11.7 Å².